The molecule has 1 atom stereocenters. The Kier molecular flexibility index (Phi) is 6.27. The van der Waals surface area contributed by atoms with Crippen LogP contribution in [-0.2, 0) is 14.4 Å². The Bertz CT molecular complexity index is 770. The third-order valence-corrected chi connectivity index (χ3v) is 4.15. The summed E-state index contributed by atoms with van der Waals surface area (Å²) in [5.74, 6) is -1.87. The smallest absolute Gasteiger partial charge is 0.326 e. The molecule has 0 saturated carbocycles. The fourth-order valence-electron chi connectivity index (χ4n) is 2.64. The molecule has 26 heavy (non-hydrogen) atoms. The zero-order valence-corrected chi connectivity index (χ0v) is 15.0. The number of benzene rings is 1. The van der Waals surface area contributed by atoms with Crippen LogP contribution in [0, 0.1) is 13.8 Å². The number of amides is 2. The van der Waals surface area contributed by atoms with Gasteiger partial charge in [0.1, 0.15) is 11.8 Å². The minimum Gasteiger partial charge on any atom is -0.480 e. The van der Waals surface area contributed by atoms with E-state index in [-0.39, 0.29) is 30.9 Å². The van der Waals surface area contributed by atoms with Gasteiger partial charge in [0.2, 0.25) is 5.91 Å². The monoisotopic (exact) mass is 357 g/mol. The van der Waals surface area contributed by atoms with E-state index in [1.54, 1.807) is 6.08 Å². The first kappa shape index (κ1) is 19.4. The number of carboxylic acids is 1. The number of anilines is 1. The molecule has 1 unspecified atom stereocenters. The number of carbonyl (C=O) groups is 3. The summed E-state index contributed by atoms with van der Waals surface area (Å²) in [6.45, 7) is 7.33. The summed E-state index contributed by atoms with van der Waals surface area (Å²) in [6.07, 6.45) is 2.64. The van der Waals surface area contributed by atoms with Crippen LogP contribution in [0.15, 0.2) is 36.0 Å². The molecule has 7 heteroatoms. The fourth-order valence-corrected chi connectivity index (χ4v) is 2.64. The topological polar surface area (TPSA) is 99.1 Å². The van der Waals surface area contributed by atoms with Crippen molar-refractivity contribution in [2.24, 2.45) is 5.10 Å². The van der Waals surface area contributed by atoms with Gasteiger partial charge in [-0.2, -0.15) is 5.10 Å². The molecule has 1 aromatic carbocycles. The highest BCUT2D eigenvalue weighted by Gasteiger charge is 2.28. The van der Waals surface area contributed by atoms with Crippen molar-refractivity contribution in [1.82, 2.24) is 5.32 Å². The number of hydrogen-bond acceptors (Lipinski definition) is 4. The standard InChI is InChI=1S/C19H23N3O4/c1-4-5-6-15(19(25)26)20-18(24)14-9-10-17(23)22(21-14)16-11-12(2)7-8-13(16)3/h4,7-8,11,15H,1,5-6,9-10H2,2-3H3,(H,20,24)(H,25,26). The molecule has 7 nitrogen and oxygen atoms in total. The number of hydrazone groups is 1. The second-order valence-corrected chi connectivity index (χ2v) is 6.27. The zero-order chi connectivity index (χ0) is 19.3. The van der Waals surface area contributed by atoms with Crippen molar-refractivity contribution < 1.29 is 19.5 Å². The van der Waals surface area contributed by atoms with Gasteiger partial charge in [-0.25, -0.2) is 9.80 Å². The third-order valence-electron chi connectivity index (χ3n) is 4.15. The quantitative estimate of drug-likeness (QED) is 0.732. The first-order chi connectivity index (χ1) is 12.3. The van der Waals surface area contributed by atoms with Crippen molar-refractivity contribution in [2.75, 3.05) is 5.01 Å². The van der Waals surface area contributed by atoms with Crippen LogP contribution in [0.1, 0.15) is 36.8 Å². The molecule has 0 bridgehead atoms. The van der Waals surface area contributed by atoms with Crippen LogP contribution < -0.4 is 10.3 Å². The second-order valence-electron chi connectivity index (χ2n) is 6.27. The van der Waals surface area contributed by atoms with Crippen LogP contribution in [0.2, 0.25) is 0 Å². The molecule has 0 saturated heterocycles. The molecular weight excluding hydrogens is 334 g/mol. The highest BCUT2D eigenvalue weighted by molar-refractivity contribution is 6.40. The van der Waals surface area contributed by atoms with E-state index in [1.165, 1.54) is 5.01 Å². The summed E-state index contributed by atoms with van der Waals surface area (Å²) < 4.78 is 0. The predicted octanol–water partition coefficient (Wildman–Crippen LogP) is 2.32. The molecule has 2 amide bonds. The van der Waals surface area contributed by atoms with Crippen LogP contribution in [0.3, 0.4) is 0 Å². The maximum absolute atomic E-state index is 12.4. The summed E-state index contributed by atoms with van der Waals surface area (Å²) in [5.41, 5.74) is 2.61. The normalized spacial score (nSPS) is 15.2. The lowest BCUT2D eigenvalue weighted by molar-refractivity contribution is -0.141. The van der Waals surface area contributed by atoms with Crippen LogP contribution in [-0.4, -0.2) is 34.6 Å². The van der Waals surface area contributed by atoms with Crippen molar-refractivity contribution in [3.8, 4) is 0 Å². The van der Waals surface area contributed by atoms with Crippen LogP contribution in [0.5, 0.6) is 0 Å². The summed E-state index contributed by atoms with van der Waals surface area (Å²) >= 11 is 0. The molecule has 2 rings (SSSR count). The van der Waals surface area contributed by atoms with Gasteiger partial charge in [-0.3, -0.25) is 9.59 Å². The Labute approximate surface area is 152 Å². The first-order valence-corrected chi connectivity index (χ1v) is 8.45. The average Bonchev–Trinajstić information content (AvgIpc) is 2.60. The van der Waals surface area contributed by atoms with Gasteiger partial charge in [0.25, 0.3) is 5.91 Å². The largest absolute Gasteiger partial charge is 0.480 e. The molecule has 1 heterocycles. The Morgan fingerprint density at radius 1 is 1.38 bits per heavy atom. The first-order valence-electron chi connectivity index (χ1n) is 8.45. The molecule has 0 aliphatic carbocycles. The predicted molar refractivity (Wildman–Crippen MR) is 99.1 cm³/mol. The number of rotatable bonds is 7. The van der Waals surface area contributed by atoms with Crippen molar-refractivity contribution in [2.45, 2.75) is 45.6 Å². The van der Waals surface area contributed by atoms with Gasteiger partial charge >= 0.3 is 5.97 Å². The lowest BCUT2D eigenvalue weighted by Gasteiger charge is -2.25. The van der Waals surface area contributed by atoms with E-state index in [1.807, 2.05) is 32.0 Å². The molecule has 0 spiro atoms. The third kappa shape index (κ3) is 4.56. The Hall–Kier alpha value is -2.96. The van der Waals surface area contributed by atoms with Crippen LogP contribution in [0.25, 0.3) is 0 Å². The van der Waals surface area contributed by atoms with E-state index in [9.17, 15) is 19.5 Å². The van der Waals surface area contributed by atoms with Gasteiger partial charge in [0, 0.05) is 12.8 Å². The average molecular weight is 357 g/mol. The van der Waals surface area contributed by atoms with E-state index in [2.05, 4.69) is 17.0 Å². The van der Waals surface area contributed by atoms with E-state index in [0.29, 0.717) is 12.1 Å². The Morgan fingerprint density at radius 2 is 2.12 bits per heavy atom. The lowest BCUT2D eigenvalue weighted by Crippen LogP contribution is -2.46. The lowest BCUT2D eigenvalue weighted by atomic mass is 10.1. The van der Waals surface area contributed by atoms with E-state index in [4.69, 9.17) is 0 Å². The van der Waals surface area contributed by atoms with Gasteiger partial charge in [-0.05, 0) is 43.9 Å². The summed E-state index contributed by atoms with van der Waals surface area (Å²) in [5, 5.41) is 17.2. The Balaban J connectivity index is 2.24. The molecule has 138 valence electrons. The van der Waals surface area contributed by atoms with Gasteiger partial charge in [0.15, 0.2) is 0 Å². The van der Waals surface area contributed by atoms with Crippen molar-refractivity contribution in [1.29, 1.82) is 0 Å². The molecule has 1 aliphatic heterocycles. The fraction of sp³-hybridized carbons (Fsp3) is 0.368. The van der Waals surface area contributed by atoms with Crippen molar-refractivity contribution >= 4 is 29.2 Å². The second kappa shape index (κ2) is 8.42. The summed E-state index contributed by atoms with van der Waals surface area (Å²) in [4.78, 5) is 36.0. The van der Waals surface area contributed by atoms with Crippen molar-refractivity contribution in [3.63, 3.8) is 0 Å². The highest BCUT2D eigenvalue weighted by Crippen LogP contribution is 2.25. The van der Waals surface area contributed by atoms with E-state index in [0.717, 1.165) is 11.1 Å². The minimum absolute atomic E-state index is 0.143. The van der Waals surface area contributed by atoms with E-state index >= 15 is 0 Å². The molecule has 0 fully saturated rings. The number of aryl methyl sites for hydroxylation is 2. The van der Waals surface area contributed by atoms with Gasteiger partial charge in [-0.15, -0.1) is 6.58 Å². The Morgan fingerprint density at radius 3 is 2.77 bits per heavy atom. The molecule has 1 aliphatic rings. The summed E-state index contributed by atoms with van der Waals surface area (Å²) in [7, 11) is 0. The molecule has 1 aromatic rings. The van der Waals surface area contributed by atoms with E-state index < -0.39 is 17.9 Å². The van der Waals surface area contributed by atoms with Gasteiger partial charge in [-0.1, -0.05) is 18.2 Å². The number of allylic oxidation sites excluding steroid dienone is 1. The summed E-state index contributed by atoms with van der Waals surface area (Å²) in [6, 6.07) is 4.64. The van der Waals surface area contributed by atoms with Gasteiger partial charge in [0.05, 0.1) is 5.69 Å². The maximum atomic E-state index is 12.4. The highest BCUT2D eigenvalue weighted by atomic mass is 16.4. The number of aliphatic carboxylic acids is 1. The molecule has 0 aromatic heterocycles. The SMILES string of the molecule is C=CCCC(NC(=O)C1=NN(c2cc(C)ccc2C)C(=O)CC1)C(=O)O. The number of nitrogens with zero attached hydrogens (tertiary/aromatic N) is 2. The van der Waals surface area contributed by atoms with Crippen LogP contribution in [0.4, 0.5) is 5.69 Å². The zero-order valence-electron chi connectivity index (χ0n) is 15.0. The van der Waals surface area contributed by atoms with Crippen molar-refractivity contribution in [3.05, 3.63) is 42.0 Å². The van der Waals surface area contributed by atoms with Crippen LogP contribution >= 0.6 is 0 Å². The number of hydrogen-bond donors (Lipinski definition) is 2. The number of carbonyl (C=O) groups excluding carboxylic acids is 2. The number of nitrogens with one attached hydrogen (secondary N) is 1. The number of carboxylic acid groups (broad SMARTS) is 1. The molecule has 0 radical (unpaired) electrons. The molecule has 2 N–H and O–H groups in total. The van der Waals surface area contributed by atoms with Gasteiger partial charge < -0.3 is 10.4 Å². The minimum atomic E-state index is -1.11. The molecular formula is C19H23N3O4. The maximum Gasteiger partial charge on any atom is 0.326 e.